The number of carboxylic acid groups (broad SMARTS) is 1. The van der Waals surface area contributed by atoms with E-state index in [1.165, 1.54) is 0 Å². The summed E-state index contributed by atoms with van der Waals surface area (Å²) < 4.78 is 5.13. The van der Waals surface area contributed by atoms with Gasteiger partial charge in [0.2, 0.25) is 0 Å². The van der Waals surface area contributed by atoms with Crippen molar-refractivity contribution < 1.29 is 19.4 Å². The van der Waals surface area contributed by atoms with Gasteiger partial charge in [0.1, 0.15) is 5.75 Å². The average molecular weight is 363 g/mol. The first kappa shape index (κ1) is 18.5. The number of benzene rings is 2. The van der Waals surface area contributed by atoms with Crippen molar-refractivity contribution in [2.75, 3.05) is 7.11 Å². The maximum atomic E-state index is 12.9. The summed E-state index contributed by atoms with van der Waals surface area (Å²) in [5.74, 6) is -0.178. The van der Waals surface area contributed by atoms with E-state index >= 15 is 0 Å². The largest absolute Gasteiger partial charge is 0.497 e. The monoisotopic (exact) mass is 363 g/mol. The Morgan fingerprint density at radius 3 is 2.56 bits per heavy atom. The number of aryl methyl sites for hydroxylation is 1. The summed E-state index contributed by atoms with van der Waals surface area (Å²) in [5, 5.41) is 9.71. The van der Waals surface area contributed by atoms with E-state index in [1.54, 1.807) is 19.3 Å². The van der Waals surface area contributed by atoms with Crippen molar-refractivity contribution in [2.24, 2.45) is 0 Å². The summed E-state index contributed by atoms with van der Waals surface area (Å²) in [6.45, 7) is 0. The molecule has 0 spiro atoms. The number of allylic oxidation sites excluding steroid dienone is 1. The summed E-state index contributed by atoms with van der Waals surface area (Å²) in [6, 6.07) is 15.1. The highest BCUT2D eigenvalue weighted by Crippen LogP contribution is 2.25. The molecular formula is C22H21NO4. The van der Waals surface area contributed by atoms with Crippen molar-refractivity contribution in [3.63, 3.8) is 0 Å². The zero-order chi connectivity index (χ0) is 19.2. The molecule has 0 aliphatic heterocycles. The first-order chi connectivity index (χ1) is 13.1. The fourth-order valence-electron chi connectivity index (χ4n) is 3.05. The second-order valence-electron chi connectivity index (χ2n) is 6.24. The number of hydrogen-bond donors (Lipinski definition) is 2. The zero-order valence-corrected chi connectivity index (χ0v) is 15.1. The fourth-order valence-corrected chi connectivity index (χ4v) is 3.05. The number of nitrogens with one attached hydrogen (secondary N) is 1. The number of hydrogen-bond acceptors (Lipinski definition) is 3. The van der Waals surface area contributed by atoms with Gasteiger partial charge in [-0.1, -0.05) is 36.4 Å². The molecule has 0 bridgehead atoms. The van der Waals surface area contributed by atoms with Gasteiger partial charge in [-0.25, -0.2) is 0 Å². The van der Waals surface area contributed by atoms with Crippen LogP contribution in [0.2, 0.25) is 0 Å². The minimum atomic E-state index is -0.835. The molecule has 3 aromatic rings. The number of aliphatic carboxylic acids is 1. The number of aromatic amines is 1. The Morgan fingerprint density at radius 2 is 1.85 bits per heavy atom. The highest BCUT2D eigenvalue weighted by Gasteiger charge is 2.16. The molecule has 2 aromatic carbocycles. The molecule has 2 N–H and O–H groups in total. The Hall–Kier alpha value is -3.34. The summed E-state index contributed by atoms with van der Waals surface area (Å²) >= 11 is 0. The van der Waals surface area contributed by atoms with E-state index in [0.29, 0.717) is 18.4 Å². The number of ketones is 1. The standard InChI is InChI=1S/C22H21NO4/c1-27-16-12-9-15(10-13-16)11-14-20(24)22-17-5-2-3-6-18(17)23-19(22)7-4-8-21(25)26/h2-3,5-6,9-14,23H,4,7-8H2,1H3,(H,25,26)/b14-11+. The lowest BCUT2D eigenvalue weighted by Gasteiger charge is -2.02. The van der Waals surface area contributed by atoms with Crippen LogP contribution in [0.3, 0.4) is 0 Å². The van der Waals surface area contributed by atoms with Gasteiger partial charge in [0.25, 0.3) is 0 Å². The maximum Gasteiger partial charge on any atom is 0.303 e. The molecule has 0 amide bonds. The Morgan fingerprint density at radius 1 is 1.11 bits per heavy atom. The normalized spacial score (nSPS) is 11.1. The van der Waals surface area contributed by atoms with Crippen LogP contribution in [-0.2, 0) is 11.2 Å². The predicted octanol–water partition coefficient (Wildman–Crippen LogP) is 4.48. The molecule has 0 radical (unpaired) electrons. The number of ether oxygens (including phenoxy) is 1. The Bertz CT molecular complexity index is 983. The molecule has 0 atom stereocenters. The lowest BCUT2D eigenvalue weighted by Crippen LogP contribution is -2.01. The molecular weight excluding hydrogens is 342 g/mol. The van der Waals surface area contributed by atoms with Crippen LogP contribution in [0.4, 0.5) is 0 Å². The number of methoxy groups -OCH3 is 1. The maximum absolute atomic E-state index is 12.9. The SMILES string of the molecule is COc1ccc(/C=C/C(=O)c2c(CCCC(=O)O)[nH]c3ccccc23)cc1. The van der Waals surface area contributed by atoms with Gasteiger partial charge in [-0.3, -0.25) is 9.59 Å². The van der Waals surface area contributed by atoms with Gasteiger partial charge in [0, 0.05) is 23.0 Å². The Kier molecular flexibility index (Phi) is 5.71. The number of H-pyrrole nitrogens is 1. The molecule has 138 valence electrons. The molecule has 1 heterocycles. The van der Waals surface area contributed by atoms with Gasteiger partial charge in [0.05, 0.1) is 12.7 Å². The third kappa shape index (κ3) is 4.44. The first-order valence-corrected chi connectivity index (χ1v) is 8.76. The third-order valence-electron chi connectivity index (χ3n) is 4.39. The number of para-hydroxylation sites is 1. The van der Waals surface area contributed by atoms with Crippen LogP contribution >= 0.6 is 0 Å². The average Bonchev–Trinajstić information content (AvgIpc) is 3.04. The number of carboxylic acids is 1. The Balaban J connectivity index is 1.87. The molecule has 0 aliphatic carbocycles. The molecule has 3 rings (SSSR count). The number of fused-ring (bicyclic) bond motifs is 1. The van der Waals surface area contributed by atoms with E-state index < -0.39 is 5.97 Å². The first-order valence-electron chi connectivity index (χ1n) is 8.76. The predicted molar refractivity (Wildman–Crippen MR) is 105 cm³/mol. The van der Waals surface area contributed by atoms with Gasteiger partial charge < -0.3 is 14.8 Å². The highest BCUT2D eigenvalue weighted by molar-refractivity contribution is 6.15. The molecule has 0 fully saturated rings. The second-order valence-corrected chi connectivity index (χ2v) is 6.24. The molecule has 0 saturated heterocycles. The molecule has 0 aliphatic rings. The lowest BCUT2D eigenvalue weighted by molar-refractivity contribution is -0.137. The van der Waals surface area contributed by atoms with Crippen molar-refractivity contribution in [3.8, 4) is 5.75 Å². The van der Waals surface area contributed by atoms with Crippen LogP contribution in [0.15, 0.2) is 54.6 Å². The summed E-state index contributed by atoms with van der Waals surface area (Å²) in [5.41, 5.74) is 3.17. The minimum absolute atomic E-state index is 0.0741. The van der Waals surface area contributed by atoms with Crippen molar-refractivity contribution >= 4 is 28.7 Å². The zero-order valence-electron chi connectivity index (χ0n) is 15.1. The molecule has 5 nitrogen and oxygen atoms in total. The van der Waals surface area contributed by atoms with Gasteiger partial charge >= 0.3 is 5.97 Å². The van der Waals surface area contributed by atoms with Crippen LogP contribution < -0.4 is 4.74 Å². The summed E-state index contributed by atoms with van der Waals surface area (Å²) in [6.07, 6.45) is 4.39. The quantitative estimate of drug-likeness (QED) is 0.457. The van der Waals surface area contributed by atoms with E-state index in [0.717, 1.165) is 27.9 Å². The minimum Gasteiger partial charge on any atom is -0.497 e. The van der Waals surface area contributed by atoms with E-state index in [1.807, 2.05) is 48.5 Å². The second kappa shape index (κ2) is 8.36. The van der Waals surface area contributed by atoms with Crippen molar-refractivity contribution in [3.05, 3.63) is 71.4 Å². The summed E-state index contributed by atoms with van der Waals surface area (Å²) in [4.78, 5) is 26.9. The topological polar surface area (TPSA) is 79.4 Å². The Labute approximate surface area is 157 Å². The molecule has 0 unspecified atom stereocenters. The molecule has 5 heteroatoms. The van der Waals surface area contributed by atoms with Crippen molar-refractivity contribution in [1.82, 2.24) is 4.98 Å². The fraction of sp³-hybridized carbons (Fsp3) is 0.182. The lowest BCUT2D eigenvalue weighted by atomic mass is 10.0. The van der Waals surface area contributed by atoms with Gasteiger partial charge in [-0.2, -0.15) is 0 Å². The van der Waals surface area contributed by atoms with Crippen LogP contribution in [-0.4, -0.2) is 29.0 Å². The van der Waals surface area contributed by atoms with Crippen LogP contribution in [0.1, 0.15) is 34.5 Å². The van der Waals surface area contributed by atoms with E-state index in [2.05, 4.69) is 4.98 Å². The van der Waals surface area contributed by atoms with Crippen molar-refractivity contribution in [2.45, 2.75) is 19.3 Å². The smallest absolute Gasteiger partial charge is 0.303 e. The summed E-state index contributed by atoms with van der Waals surface area (Å²) in [7, 11) is 1.61. The number of carbonyl (C=O) groups excluding carboxylic acids is 1. The van der Waals surface area contributed by atoms with E-state index in [4.69, 9.17) is 9.84 Å². The van der Waals surface area contributed by atoms with Crippen molar-refractivity contribution in [1.29, 1.82) is 0 Å². The third-order valence-corrected chi connectivity index (χ3v) is 4.39. The highest BCUT2D eigenvalue weighted by atomic mass is 16.5. The van der Waals surface area contributed by atoms with Gasteiger partial charge in [-0.15, -0.1) is 0 Å². The van der Waals surface area contributed by atoms with Gasteiger partial charge in [-0.05, 0) is 42.7 Å². The molecule has 0 saturated carbocycles. The van der Waals surface area contributed by atoms with E-state index in [-0.39, 0.29) is 12.2 Å². The van der Waals surface area contributed by atoms with Gasteiger partial charge in [0.15, 0.2) is 5.78 Å². The number of rotatable bonds is 8. The molecule has 27 heavy (non-hydrogen) atoms. The van der Waals surface area contributed by atoms with Crippen LogP contribution in [0.5, 0.6) is 5.75 Å². The number of carbonyl (C=O) groups is 2. The van der Waals surface area contributed by atoms with Crippen LogP contribution in [0, 0.1) is 0 Å². The molecule has 1 aromatic heterocycles. The van der Waals surface area contributed by atoms with Crippen LogP contribution in [0.25, 0.3) is 17.0 Å². The number of aromatic nitrogens is 1. The van der Waals surface area contributed by atoms with E-state index in [9.17, 15) is 9.59 Å².